The third-order valence-electron chi connectivity index (χ3n) is 3.37. The lowest BCUT2D eigenvalue weighted by Gasteiger charge is -2.29. The SMILES string of the molecule is CSCC[C@H]([NH2+]S(=O)(=O)N1CCC(C)CC1)C(=O)[O-]. The molecular weight excluding hydrogens is 288 g/mol. The molecule has 1 saturated heterocycles. The molecule has 0 saturated carbocycles. The van der Waals surface area contributed by atoms with Crippen LogP contribution in [0.2, 0.25) is 0 Å². The van der Waals surface area contributed by atoms with Gasteiger partial charge in [-0.05, 0) is 30.8 Å². The smallest absolute Gasteiger partial charge is 0.369 e. The fourth-order valence-electron chi connectivity index (χ4n) is 2.02. The van der Waals surface area contributed by atoms with E-state index in [1.165, 1.54) is 16.1 Å². The highest BCUT2D eigenvalue weighted by atomic mass is 32.2. The number of carboxylic acids is 1. The van der Waals surface area contributed by atoms with Gasteiger partial charge >= 0.3 is 10.2 Å². The largest absolute Gasteiger partial charge is 0.544 e. The van der Waals surface area contributed by atoms with Crippen molar-refractivity contribution in [3.8, 4) is 0 Å². The molecule has 0 aromatic heterocycles. The van der Waals surface area contributed by atoms with Gasteiger partial charge in [0.2, 0.25) is 0 Å². The maximum absolute atomic E-state index is 12.1. The van der Waals surface area contributed by atoms with E-state index in [4.69, 9.17) is 0 Å². The van der Waals surface area contributed by atoms with Crippen LogP contribution in [0.15, 0.2) is 0 Å². The normalized spacial score (nSPS) is 20.3. The molecule has 2 N–H and O–H groups in total. The second-order valence-corrected chi connectivity index (χ2v) is 7.77. The monoisotopic (exact) mass is 310 g/mol. The summed E-state index contributed by atoms with van der Waals surface area (Å²) in [5, 5.41) is 11.0. The summed E-state index contributed by atoms with van der Waals surface area (Å²) < 4.78 is 26.6. The van der Waals surface area contributed by atoms with E-state index >= 15 is 0 Å². The van der Waals surface area contributed by atoms with Gasteiger partial charge in [-0.1, -0.05) is 6.92 Å². The summed E-state index contributed by atoms with van der Waals surface area (Å²) in [6.07, 6.45) is 3.79. The molecule has 112 valence electrons. The molecule has 0 radical (unpaired) electrons. The number of carboxylic acid groups (broad SMARTS) is 1. The van der Waals surface area contributed by atoms with Crippen molar-refractivity contribution in [3.05, 3.63) is 0 Å². The maximum atomic E-state index is 12.1. The first-order chi connectivity index (χ1) is 8.86. The number of rotatable bonds is 7. The lowest BCUT2D eigenvalue weighted by atomic mass is 10.0. The van der Waals surface area contributed by atoms with Gasteiger partial charge in [0.05, 0.1) is 0 Å². The Kier molecular flexibility index (Phi) is 6.58. The maximum Gasteiger partial charge on any atom is 0.369 e. The van der Waals surface area contributed by atoms with Crippen LogP contribution in [-0.4, -0.2) is 49.8 Å². The first-order valence-corrected chi connectivity index (χ1v) is 9.31. The third-order valence-corrected chi connectivity index (χ3v) is 5.78. The second-order valence-electron chi connectivity index (χ2n) is 4.97. The van der Waals surface area contributed by atoms with Crippen LogP contribution in [0.1, 0.15) is 26.2 Å². The first kappa shape index (κ1) is 16.7. The van der Waals surface area contributed by atoms with Crippen LogP contribution in [-0.2, 0) is 15.0 Å². The standard InChI is InChI=1S/C11H22N2O4S2/c1-9-3-6-13(7-4-9)19(16,17)12-10(11(14)15)5-8-18-2/h9-10,12H,3-8H2,1-2H3,(H,14,15)/t10-/m0/s1. The van der Waals surface area contributed by atoms with E-state index in [0.29, 0.717) is 24.8 Å². The molecule has 0 aliphatic carbocycles. The molecule has 0 amide bonds. The van der Waals surface area contributed by atoms with Crippen LogP contribution in [0.3, 0.4) is 0 Å². The van der Waals surface area contributed by atoms with Crippen molar-refractivity contribution in [2.75, 3.05) is 25.1 Å². The Balaban J connectivity index is 2.63. The predicted molar refractivity (Wildman–Crippen MR) is 72.6 cm³/mol. The molecule has 1 aliphatic heterocycles. The number of aliphatic carboxylic acids is 1. The molecule has 6 nitrogen and oxygen atoms in total. The fourth-order valence-corrected chi connectivity index (χ4v) is 4.06. The molecule has 0 unspecified atom stereocenters. The minimum absolute atomic E-state index is 0.285. The number of piperidine rings is 1. The fraction of sp³-hybridized carbons (Fsp3) is 0.909. The van der Waals surface area contributed by atoms with E-state index in [2.05, 4.69) is 6.92 Å². The number of thioether (sulfide) groups is 1. The van der Waals surface area contributed by atoms with Gasteiger partial charge in [0.1, 0.15) is 12.0 Å². The lowest BCUT2D eigenvalue weighted by molar-refractivity contribution is -0.544. The Morgan fingerprint density at radius 1 is 1.47 bits per heavy atom. The van der Waals surface area contributed by atoms with Crippen molar-refractivity contribution in [1.82, 2.24) is 4.31 Å². The number of carbonyl (C=O) groups excluding carboxylic acids is 1. The molecule has 1 atom stereocenters. The van der Waals surface area contributed by atoms with Gasteiger partial charge in [0.15, 0.2) is 0 Å². The Morgan fingerprint density at radius 2 is 2.05 bits per heavy atom. The lowest BCUT2D eigenvalue weighted by Crippen LogP contribution is -2.97. The van der Waals surface area contributed by atoms with E-state index in [1.54, 1.807) is 0 Å². The van der Waals surface area contributed by atoms with E-state index in [0.717, 1.165) is 17.6 Å². The Morgan fingerprint density at radius 3 is 2.53 bits per heavy atom. The van der Waals surface area contributed by atoms with E-state index < -0.39 is 22.2 Å². The molecule has 19 heavy (non-hydrogen) atoms. The molecule has 0 aromatic carbocycles. The molecule has 8 heteroatoms. The van der Waals surface area contributed by atoms with Crippen molar-refractivity contribution in [2.24, 2.45) is 5.92 Å². The van der Waals surface area contributed by atoms with E-state index in [1.807, 2.05) is 6.26 Å². The highest BCUT2D eigenvalue weighted by Gasteiger charge is 2.32. The number of quaternary nitrogens is 1. The number of nitrogens with zero attached hydrogens (tertiary/aromatic N) is 1. The number of hydrogen-bond donors (Lipinski definition) is 1. The summed E-state index contributed by atoms with van der Waals surface area (Å²) in [6.45, 7) is 3.04. The summed E-state index contributed by atoms with van der Waals surface area (Å²) in [5.74, 6) is -0.190. The topological polar surface area (TPSA) is 94.1 Å². The molecule has 0 bridgehead atoms. The highest BCUT2D eigenvalue weighted by Crippen LogP contribution is 2.16. The predicted octanol–water partition coefficient (Wildman–Crippen LogP) is -1.60. The second kappa shape index (κ2) is 7.47. The Labute approximate surface area is 119 Å². The van der Waals surface area contributed by atoms with Gasteiger partial charge in [-0.3, -0.25) is 0 Å². The zero-order valence-electron chi connectivity index (χ0n) is 11.4. The summed E-state index contributed by atoms with van der Waals surface area (Å²) in [7, 11) is -3.60. The molecule has 1 heterocycles. The van der Waals surface area contributed by atoms with Gasteiger partial charge in [0, 0.05) is 19.5 Å². The van der Waals surface area contributed by atoms with Crippen molar-refractivity contribution in [1.29, 1.82) is 0 Å². The Hall–Kier alpha value is -0.310. The van der Waals surface area contributed by atoms with Gasteiger partial charge < -0.3 is 9.90 Å². The zero-order chi connectivity index (χ0) is 14.5. The number of hydrogen-bond acceptors (Lipinski definition) is 5. The quantitative estimate of drug-likeness (QED) is 0.611. The van der Waals surface area contributed by atoms with Gasteiger partial charge in [-0.15, -0.1) is 0 Å². The molecule has 1 fully saturated rings. The summed E-state index contributed by atoms with van der Waals surface area (Å²) in [5.41, 5.74) is 0. The van der Waals surface area contributed by atoms with Crippen LogP contribution in [0, 0.1) is 5.92 Å². The minimum atomic E-state index is -3.60. The highest BCUT2D eigenvalue weighted by molar-refractivity contribution is 7.98. The zero-order valence-corrected chi connectivity index (χ0v) is 13.0. The Bertz CT molecular complexity index is 391. The van der Waals surface area contributed by atoms with Gasteiger partial charge in [-0.2, -0.15) is 24.5 Å². The van der Waals surface area contributed by atoms with Crippen molar-refractivity contribution < 1.29 is 23.0 Å². The van der Waals surface area contributed by atoms with Crippen LogP contribution < -0.4 is 9.83 Å². The average molecular weight is 310 g/mol. The number of carbonyl (C=O) groups is 1. The van der Waals surface area contributed by atoms with Crippen molar-refractivity contribution in [2.45, 2.75) is 32.2 Å². The summed E-state index contributed by atoms with van der Waals surface area (Å²) in [4.78, 5) is 11.0. The van der Waals surface area contributed by atoms with Gasteiger partial charge in [0.25, 0.3) is 0 Å². The molecular formula is C11H22N2O4S2. The van der Waals surface area contributed by atoms with Crippen molar-refractivity contribution >= 4 is 27.9 Å². The molecule has 0 spiro atoms. The number of nitrogens with two attached hydrogens (primary N) is 1. The van der Waals surface area contributed by atoms with Crippen LogP contribution in [0.5, 0.6) is 0 Å². The molecule has 1 aliphatic rings. The van der Waals surface area contributed by atoms with E-state index in [9.17, 15) is 18.3 Å². The van der Waals surface area contributed by atoms with E-state index in [-0.39, 0.29) is 6.42 Å². The summed E-state index contributed by atoms with van der Waals surface area (Å²) in [6, 6.07) is -1.03. The van der Waals surface area contributed by atoms with Crippen molar-refractivity contribution in [3.63, 3.8) is 0 Å². The van der Waals surface area contributed by atoms with Crippen LogP contribution in [0.25, 0.3) is 0 Å². The third kappa shape index (κ3) is 5.29. The van der Waals surface area contributed by atoms with Gasteiger partial charge in [-0.25, -0.2) is 4.72 Å². The molecule has 1 rings (SSSR count). The average Bonchev–Trinajstić information content (AvgIpc) is 2.34. The van der Waals surface area contributed by atoms with Crippen LogP contribution >= 0.6 is 11.8 Å². The molecule has 0 aromatic rings. The first-order valence-electron chi connectivity index (χ1n) is 6.41. The summed E-state index contributed by atoms with van der Waals surface area (Å²) >= 11 is 1.49. The minimum Gasteiger partial charge on any atom is -0.544 e. The van der Waals surface area contributed by atoms with Crippen LogP contribution in [0.4, 0.5) is 0 Å².